The van der Waals surface area contributed by atoms with Crippen molar-refractivity contribution in [3.05, 3.63) is 131 Å². The Kier molecular flexibility index (Phi) is 8.64. The van der Waals surface area contributed by atoms with Crippen molar-refractivity contribution in [3.63, 3.8) is 0 Å². The maximum Gasteiger partial charge on any atom is 0.287 e. The van der Waals surface area contributed by atoms with Crippen molar-refractivity contribution < 1.29 is 13.6 Å². The van der Waals surface area contributed by atoms with Crippen LogP contribution in [-0.4, -0.2) is 34.8 Å². The SMILES string of the molecule is O=C(NC1CCN(Cc2ccccc2)CC1)c1ccc(CN(Cc2ccccc2)Cc2ccc(F)cc2)o1. The van der Waals surface area contributed by atoms with Gasteiger partial charge in [-0.25, -0.2) is 4.39 Å². The van der Waals surface area contributed by atoms with Gasteiger partial charge < -0.3 is 9.73 Å². The second-order valence-corrected chi connectivity index (χ2v) is 10.0. The van der Waals surface area contributed by atoms with Crippen molar-refractivity contribution in [2.75, 3.05) is 13.1 Å². The molecule has 1 aromatic heterocycles. The number of nitrogens with zero attached hydrogens (tertiary/aromatic N) is 2. The molecule has 0 aliphatic carbocycles. The summed E-state index contributed by atoms with van der Waals surface area (Å²) in [5, 5.41) is 3.16. The van der Waals surface area contributed by atoms with Gasteiger partial charge in [0.15, 0.2) is 5.76 Å². The molecule has 5 rings (SSSR count). The van der Waals surface area contributed by atoms with Crippen LogP contribution in [0.3, 0.4) is 0 Å². The number of halogens is 1. The van der Waals surface area contributed by atoms with Crippen molar-refractivity contribution in [2.24, 2.45) is 0 Å². The largest absolute Gasteiger partial charge is 0.455 e. The van der Waals surface area contributed by atoms with Crippen LogP contribution < -0.4 is 5.32 Å². The van der Waals surface area contributed by atoms with Gasteiger partial charge in [-0.2, -0.15) is 0 Å². The van der Waals surface area contributed by atoms with Gasteiger partial charge in [0.05, 0.1) is 6.54 Å². The number of benzene rings is 3. The van der Waals surface area contributed by atoms with Crippen LogP contribution in [-0.2, 0) is 26.2 Å². The molecule has 196 valence electrons. The third kappa shape index (κ3) is 7.40. The molecular weight excluding hydrogens is 477 g/mol. The van der Waals surface area contributed by atoms with Crippen LogP contribution >= 0.6 is 0 Å². The van der Waals surface area contributed by atoms with Gasteiger partial charge in [0.1, 0.15) is 11.6 Å². The average Bonchev–Trinajstić information content (AvgIpc) is 3.41. The van der Waals surface area contributed by atoms with Crippen molar-refractivity contribution in [2.45, 2.75) is 45.1 Å². The highest BCUT2D eigenvalue weighted by molar-refractivity contribution is 5.91. The normalized spacial score (nSPS) is 14.6. The van der Waals surface area contributed by atoms with Crippen molar-refractivity contribution in [1.29, 1.82) is 0 Å². The molecule has 0 unspecified atom stereocenters. The topological polar surface area (TPSA) is 48.7 Å². The molecule has 38 heavy (non-hydrogen) atoms. The van der Waals surface area contributed by atoms with E-state index in [0.717, 1.165) is 43.8 Å². The zero-order valence-electron chi connectivity index (χ0n) is 21.6. The molecule has 0 radical (unpaired) electrons. The Morgan fingerprint density at radius 1 is 0.789 bits per heavy atom. The van der Waals surface area contributed by atoms with Gasteiger partial charge in [0, 0.05) is 38.8 Å². The highest BCUT2D eigenvalue weighted by Gasteiger charge is 2.23. The lowest BCUT2D eigenvalue weighted by atomic mass is 10.0. The van der Waals surface area contributed by atoms with Crippen LogP contribution in [0.25, 0.3) is 0 Å². The Balaban J connectivity index is 1.16. The molecule has 1 fully saturated rings. The molecule has 0 atom stereocenters. The summed E-state index contributed by atoms with van der Waals surface area (Å²) in [4.78, 5) is 17.6. The predicted octanol–water partition coefficient (Wildman–Crippen LogP) is 6.02. The smallest absolute Gasteiger partial charge is 0.287 e. The van der Waals surface area contributed by atoms with Gasteiger partial charge in [-0.1, -0.05) is 72.8 Å². The maximum atomic E-state index is 13.4. The maximum absolute atomic E-state index is 13.4. The summed E-state index contributed by atoms with van der Waals surface area (Å²) >= 11 is 0. The van der Waals surface area contributed by atoms with Crippen LogP contribution in [0, 0.1) is 5.82 Å². The van der Waals surface area contributed by atoms with Gasteiger partial charge in [-0.15, -0.1) is 0 Å². The lowest BCUT2D eigenvalue weighted by Gasteiger charge is -2.32. The van der Waals surface area contributed by atoms with Gasteiger partial charge in [0.25, 0.3) is 5.91 Å². The van der Waals surface area contributed by atoms with Gasteiger partial charge in [-0.05, 0) is 53.8 Å². The summed E-state index contributed by atoms with van der Waals surface area (Å²) in [6.07, 6.45) is 1.85. The fourth-order valence-electron chi connectivity index (χ4n) is 5.00. The first-order chi connectivity index (χ1) is 18.6. The van der Waals surface area contributed by atoms with Crippen molar-refractivity contribution in [3.8, 4) is 0 Å². The number of piperidine rings is 1. The lowest BCUT2D eigenvalue weighted by molar-refractivity contribution is 0.0876. The number of carbonyl (C=O) groups excluding carboxylic acids is 1. The highest BCUT2D eigenvalue weighted by Crippen LogP contribution is 2.18. The number of furan rings is 1. The molecule has 1 amide bonds. The molecule has 4 aromatic rings. The van der Waals surface area contributed by atoms with Gasteiger partial charge >= 0.3 is 0 Å². The molecular formula is C32H34FN3O2. The van der Waals surface area contributed by atoms with Crippen molar-refractivity contribution in [1.82, 2.24) is 15.1 Å². The monoisotopic (exact) mass is 511 g/mol. The summed E-state index contributed by atoms with van der Waals surface area (Å²) < 4.78 is 19.4. The zero-order valence-corrected chi connectivity index (χ0v) is 21.6. The molecule has 0 bridgehead atoms. The van der Waals surface area contributed by atoms with E-state index in [0.29, 0.717) is 25.4 Å². The summed E-state index contributed by atoms with van der Waals surface area (Å²) in [6.45, 7) is 4.75. The van der Waals surface area contributed by atoms with E-state index >= 15 is 0 Å². The number of carbonyl (C=O) groups is 1. The fraction of sp³-hybridized carbons (Fsp3) is 0.281. The second-order valence-electron chi connectivity index (χ2n) is 10.0. The number of amides is 1. The minimum Gasteiger partial charge on any atom is -0.455 e. The van der Waals surface area contributed by atoms with Crippen LogP contribution in [0.2, 0.25) is 0 Å². The first-order valence-electron chi connectivity index (χ1n) is 13.3. The quantitative estimate of drug-likeness (QED) is 0.283. The second kappa shape index (κ2) is 12.7. The molecule has 2 heterocycles. The van der Waals surface area contributed by atoms with Crippen LogP contribution in [0.15, 0.2) is 101 Å². The Morgan fingerprint density at radius 3 is 2.05 bits per heavy atom. The van der Waals surface area contributed by atoms with E-state index in [4.69, 9.17) is 4.42 Å². The molecule has 3 aromatic carbocycles. The Morgan fingerprint density at radius 2 is 1.39 bits per heavy atom. The molecule has 1 N–H and O–H groups in total. The number of hydrogen-bond acceptors (Lipinski definition) is 4. The molecule has 5 nitrogen and oxygen atoms in total. The van der Waals surface area contributed by atoms with Crippen LogP contribution in [0.5, 0.6) is 0 Å². The predicted molar refractivity (Wildman–Crippen MR) is 147 cm³/mol. The standard InChI is InChI=1S/C32H34FN3O2/c33-28-13-11-27(12-14-28)23-36(22-26-9-5-2-6-10-26)24-30-15-16-31(38-30)32(37)34-29-17-19-35(20-18-29)21-25-7-3-1-4-8-25/h1-16,29H,17-24H2,(H,34,37). The van der Waals surface area contributed by atoms with E-state index in [1.54, 1.807) is 18.2 Å². The highest BCUT2D eigenvalue weighted by atomic mass is 19.1. The molecule has 0 saturated carbocycles. The Bertz CT molecular complexity index is 1280. The minimum atomic E-state index is -0.244. The molecule has 6 heteroatoms. The van der Waals surface area contributed by atoms with Gasteiger partial charge in [-0.3, -0.25) is 14.6 Å². The van der Waals surface area contributed by atoms with Crippen LogP contribution in [0.4, 0.5) is 4.39 Å². The number of hydrogen-bond donors (Lipinski definition) is 1. The zero-order chi connectivity index (χ0) is 26.2. The Hall–Kier alpha value is -3.74. The van der Waals surface area contributed by atoms with E-state index in [9.17, 15) is 9.18 Å². The van der Waals surface area contributed by atoms with E-state index in [-0.39, 0.29) is 17.8 Å². The summed E-state index contributed by atoms with van der Waals surface area (Å²) in [5.41, 5.74) is 3.52. The average molecular weight is 512 g/mol. The lowest BCUT2D eigenvalue weighted by Crippen LogP contribution is -2.44. The summed E-state index contributed by atoms with van der Waals surface area (Å²) in [6, 6.07) is 31.1. The van der Waals surface area contributed by atoms with Gasteiger partial charge in [0.2, 0.25) is 0 Å². The van der Waals surface area contributed by atoms with Crippen LogP contribution in [0.1, 0.15) is 45.8 Å². The van der Waals surface area contributed by atoms with Crippen molar-refractivity contribution >= 4 is 5.91 Å². The molecule has 1 aliphatic rings. The molecule has 0 spiro atoms. The van der Waals surface area contributed by atoms with E-state index in [1.807, 2.05) is 30.3 Å². The third-order valence-electron chi connectivity index (χ3n) is 7.01. The summed E-state index contributed by atoms with van der Waals surface area (Å²) in [5.74, 6) is 0.664. The van der Waals surface area contributed by atoms with E-state index in [2.05, 4.69) is 51.5 Å². The molecule has 1 saturated heterocycles. The Labute approximate surface area is 223 Å². The third-order valence-corrected chi connectivity index (χ3v) is 7.01. The first-order valence-corrected chi connectivity index (χ1v) is 13.3. The van der Waals surface area contributed by atoms with E-state index < -0.39 is 0 Å². The number of nitrogens with one attached hydrogen (secondary N) is 1. The number of likely N-dealkylation sites (tertiary alicyclic amines) is 1. The minimum absolute atomic E-state index is 0.149. The van der Waals surface area contributed by atoms with E-state index in [1.165, 1.54) is 23.3 Å². The number of rotatable bonds is 10. The first kappa shape index (κ1) is 25.9. The molecule has 1 aliphatic heterocycles. The fourth-order valence-corrected chi connectivity index (χ4v) is 5.00. The summed E-state index contributed by atoms with van der Waals surface area (Å²) in [7, 11) is 0.